The maximum Gasteiger partial charge on any atom is 0.173 e. The molecule has 1 aliphatic heterocycles. The second kappa shape index (κ2) is 6.29. The third-order valence-corrected chi connectivity index (χ3v) is 3.07. The summed E-state index contributed by atoms with van der Waals surface area (Å²) < 4.78 is 16.2. The van der Waals surface area contributed by atoms with E-state index in [2.05, 4.69) is 5.16 Å². The van der Waals surface area contributed by atoms with E-state index in [1.807, 2.05) is 0 Å². The van der Waals surface area contributed by atoms with Gasteiger partial charge in [0.1, 0.15) is 11.5 Å². The SMILES string of the molecule is COc1ccc(/C(N)=N/O)c(OCC2CCOC2)c1. The fourth-order valence-electron chi connectivity index (χ4n) is 1.94. The van der Waals surface area contributed by atoms with E-state index < -0.39 is 0 Å². The van der Waals surface area contributed by atoms with Gasteiger partial charge < -0.3 is 25.2 Å². The molecule has 1 aromatic rings. The highest BCUT2D eigenvalue weighted by molar-refractivity contribution is 5.99. The normalized spacial score (nSPS) is 19.4. The van der Waals surface area contributed by atoms with E-state index in [0.717, 1.165) is 13.0 Å². The Kier molecular flexibility index (Phi) is 4.46. The molecule has 0 spiro atoms. The minimum absolute atomic E-state index is 0.0142. The van der Waals surface area contributed by atoms with Crippen molar-refractivity contribution in [3.05, 3.63) is 23.8 Å². The molecule has 1 unspecified atom stereocenters. The summed E-state index contributed by atoms with van der Waals surface area (Å²) in [4.78, 5) is 0. The van der Waals surface area contributed by atoms with Gasteiger partial charge in [-0.05, 0) is 18.6 Å². The Morgan fingerprint density at radius 3 is 3.05 bits per heavy atom. The van der Waals surface area contributed by atoms with Crippen LogP contribution < -0.4 is 15.2 Å². The number of methoxy groups -OCH3 is 1. The maximum atomic E-state index is 8.78. The molecule has 104 valence electrons. The molecule has 0 amide bonds. The van der Waals surface area contributed by atoms with E-state index in [9.17, 15) is 0 Å². The first-order valence-electron chi connectivity index (χ1n) is 6.11. The summed E-state index contributed by atoms with van der Waals surface area (Å²) in [5.74, 6) is 1.60. The van der Waals surface area contributed by atoms with Gasteiger partial charge in [-0.2, -0.15) is 0 Å². The second-order valence-corrected chi connectivity index (χ2v) is 4.39. The predicted molar refractivity (Wildman–Crippen MR) is 69.9 cm³/mol. The number of hydrogen-bond acceptors (Lipinski definition) is 5. The lowest BCUT2D eigenvalue weighted by atomic mass is 10.1. The largest absolute Gasteiger partial charge is 0.497 e. The third kappa shape index (κ3) is 3.29. The molecule has 1 aromatic carbocycles. The number of nitrogens with zero attached hydrogens (tertiary/aromatic N) is 1. The summed E-state index contributed by atoms with van der Waals surface area (Å²) in [6.45, 7) is 2.03. The molecule has 0 aliphatic carbocycles. The van der Waals surface area contributed by atoms with Crippen molar-refractivity contribution in [1.29, 1.82) is 0 Å². The van der Waals surface area contributed by atoms with Crippen LogP contribution in [-0.2, 0) is 4.74 Å². The molecular weight excluding hydrogens is 248 g/mol. The molecule has 6 heteroatoms. The minimum Gasteiger partial charge on any atom is -0.497 e. The van der Waals surface area contributed by atoms with Gasteiger partial charge in [0.15, 0.2) is 5.84 Å². The fourth-order valence-corrected chi connectivity index (χ4v) is 1.94. The number of ether oxygens (including phenoxy) is 3. The molecule has 0 saturated carbocycles. The zero-order chi connectivity index (χ0) is 13.7. The van der Waals surface area contributed by atoms with Crippen molar-refractivity contribution in [2.45, 2.75) is 6.42 Å². The Bertz CT molecular complexity index is 456. The van der Waals surface area contributed by atoms with E-state index >= 15 is 0 Å². The average Bonchev–Trinajstić information content (AvgIpc) is 2.97. The van der Waals surface area contributed by atoms with Gasteiger partial charge in [-0.3, -0.25) is 0 Å². The van der Waals surface area contributed by atoms with Crippen molar-refractivity contribution in [2.24, 2.45) is 16.8 Å². The van der Waals surface area contributed by atoms with Crippen LogP contribution in [0.4, 0.5) is 0 Å². The van der Waals surface area contributed by atoms with Crippen molar-refractivity contribution < 1.29 is 19.4 Å². The fraction of sp³-hybridized carbons (Fsp3) is 0.462. The first-order chi connectivity index (χ1) is 9.24. The molecule has 6 nitrogen and oxygen atoms in total. The topological polar surface area (TPSA) is 86.3 Å². The monoisotopic (exact) mass is 266 g/mol. The second-order valence-electron chi connectivity index (χ2n) is 4.39. The van der Waals surface area contributed by atoms with Crippen LogP contribution in [-0.4, -0.2) is 38.0 Å². The standard InChI is InChI=1S/C13H18N2O4/c1-17-10-2-3-11(13(14)15-16)12(6-10)19-8-9-4-5-18-7-9/h2-3,6,9,16H,4-5,7-8H2,1H3,(H2,14,15). The molecule has 3 N–H and O–H groups in total. The lowest BCUT2D eigenvalue weighted by Gasteiger charge is -2.14. The van der Waals surface area contributed by atoms with Crippen LogP contribution in [0.2, 0.25) is 0 Å². The molecule has 0 radical (unpaired) electrons. The molecule has 0 aromatic heterocycles. The first-order valence-corrected chi connectivity index (χ1v) is 6.11. The summed E-state index contributed by atoms with van der Waals surface area (Å²) in [5, 5.41) is 11.8. The lowest BCUT2D eigenvalue weighted by Crippen LogP contribution is -2.17. The van der Waals surface area contributed by atoms with Crippen LogP contribution in [0.5, 0.6) is 11.5 Å². The minimum atomic E-state index is 0.0142. The van der Waals surface area contributed by atoms with Crippen molar-refractivity contribution in [3.8, 4) is 11.5 Å². The highest BCUT2D eigenvalue weighted by Gasteiger charge is 2.18. The highest BCUT2D eigenvalue weighted by Crippen LogP contribution is 2.26. The Labute approximate surface area is 111 Å². The van der Waals surface area contributed by atoms with E-state index in [4.69, 9.17) is 25.2 Å². The number of benzene rings is 1. The van der Waals surface area contributed by atoms with Crippen LogP contribution in [0.25, 0.3) is 0 Å². The van der Waals surface area contributed by atoms with Crippen LogP contribution in [0, 0.1) is 5.92 Å². The van der Waals surface area contributed by atoms with Gasteiger partial charge in [-0.25, -0.2) is 0 Å². The van der Waals surface area contributed by atoms with Gasteiger partial charge in [0, 0.05) is 18.6 Å². The van der Waals surface area contributed by atoms with Crippen LogP contribution in [0.15, 0.2) is 23.4 Å². The molecule has 2 rings (SSSR count). The highest BCUT2D eigenvalue weighted by atomic mass is 16.5. The van der Waals surface area contributed by atoms with E-state index in [-0.39, 0.29) is 5.84 Å². The van der Waals surface area contributed by atoms with Crippen LogP contribution in [0.3, 0.4) is 0 Å². The van der Waals surface area contributed by atoms with Crippen molar-refractivity contribution in [3.63, 3.8) is 0 Å². The Morgan fingerprint density at radius 2 is 2.42 bits per heavy atom. The van der Waals surface area contributed by atoms with E-state index in [1.165, 1.54) is 0 Å². The summed E-state index contributed by atoms with van der Waals surface area (Å²) in [7, 11) is 1.58. The van der Waals surface area contributed by atoms with Crippen molar-refractivity contribution in [2.75, 3.05) is 26.9 Å². The zero-order valence-electron chi connectivity index (χ0n) is 10.8. The van der Waals surface area contributed by atoms with Gasteiger partial charge >= 0.3 is 0 Å². The van der Waals surface area contributed by atoms with Crippen molar-refractivity contribution in [1.82, 2.24) is 0 Å². The Hall–Kier alpha value is -1.95. The smallest absolute Gasteiger partial charge is 0.173 e. The molecule has 1 fully saturated rings. The summed E-state index contributed by atoms with van der Waals surface area (Å²) in [5.41, 5.74) is 6.17. The van der Waals surface area contributed by atoms with Gasteiger partial charge in [0.2, 0.25) is 0 Å². The molecule has 1 aliphatic rings. The maximum absolute atomic E-state index is 8.78. The number of nitrogens with two attached hydrogens (primary N) is 1. The Balaban J connectivity index is 2.14. The molecule has 1 heterocycles. The molecule has 1 saturated heterocycles. The van der Waals surface area contributed by atoms with E-state index in [1.54, 1.807) is 25.3 Å². The van der Waals surface area contributed by atoms with Gasteiger partial charge in [0.05, 0.1) is 25.9 Å². The zero-order valence-corrected chi connectivity index (χ0v) is 10.8. The van der Waals surface area contributed by atoms with E-state index in [0.29, 0.717) is 36.2 Å². The molecule has 19 heavy (non-hydrogen) atoms. The lowest BCUT2D eigenvalue weighted by molar-refractivity contribution is 0.167. The predicted octanol–water partition coefficient (Wildman–Crippen LogP) is 1.21. The quantitative estimate of drug-likeness (QED) is 0.362. The molecule has 0 bridgehead atoms. The number of oxime groups is 1. The Morgan fingerprint density at radius 1 is 1.58 bits per heavy atom. The number of amidine groups is 1. The molecule has 1 atom stereocenters. The van der Waals surface area contributed by atoms with Gasteiger partial charge in [-0.15, -0.1) is 0 Å². The average molecular weight is 266 g/mol. The first kappa shape index (κ1) is 13.5. The molecular formula is C13H18N2O4. The van der Waals surface area contributed by atoms with Crippen molar-refractivity contribution >= 4 is 5.84 Å². The van der Waals surface area contributed by atoms with Crippen LogP contribution in [0.1, 0.15) is 12.0 Å². The summed E-state index contributed by atoms with van der Waals surface area (Å²) in [6, 6.07) is 5.16. The summed E-state index contributed by atoms with van der Waals surface area (Å²) >= 11 is 0. The van der Waals surface area contributed by atoms with Gasteiger partial charge in [-0.1, -0.05) is 5.16 Å². The van der Waals surface area contributed by atoms with Gasteiger partial charge in [0.25, 0.3) is 0 Å². The number of rotatable bonds is 5. The summed E-state index contributed by atoms with van der Waals surface area (Å²) in [6.07, 6.45) is 0.989. The third-order valence-electron chi connectivity index (χ3n) is 3.07. The van der Waals surface area contributed by atoms with Crippen LogP contribution >= 0.6 is 0 Å². The number of hydrogen-bond donors (Lipinski definition) is 2.